The summed E-state index contributed by atoms with van der Waals surface area (Å²) in [7, 11) is 2.05. The van der Waals surface area contributed by atoms with Crippen molar-refractivity contribution in [3.8, 4) is 0 Å². The van der Waals surface area contributed by atoms with E-state index in [1.165, 1.54) is 12.8 Å². The Bertz CT molecular complexity index is 496. The van der Waals surface area contributed by atoms with Crippen molar-refractivity contribution in [1.29, 1.82) is 0 Å². The molecule has 0 aliphatic heterocycles. The second-order valence-corrected chi connectivity index (χ2v) is 6.05. The van der Waals surface area contributed by atoms with Crippen LogP contribution in [0.3, 0.4) is 0 Å². The Morgan fingerprint density at radius 1 is 1.29 bits per heavy atom. The zero-order valence-electron chi connectivity index (χ0n) is 13.1. The van der Waals surface area contributed by atoms with Crippen LogP contribution in [0.4, 0.5) is 17.1 Å². The predicted molar refractivity (Wildman–Crippen MR) is 87.1 cm³/mol. The molecule has 0 bridgehead atoms. The van der Waals surface area contributed by atoms with Gasteiger partial charge in [-0.3, -0.25) is 10.1 Å². The number of nitro benzene ring substituents is 1. The van der Waals surface area contributed by atoms with Gasteiger partial charge in [-0.2, -0.15) is 0 Å². The van der Waals surface area contributed by atoms with Gasteiger partial charge in [0, 0.05) is 43.1 Å². The number of benzene rings is 1. The van der Waals surface area contributed by atoms with Crippen LogP contribution in [0.2, 0.25) is 0 Å². The highest BCUT2D eigenvalue weighted by molar-refractivity contribution is 5.64. The fourth-order valence-corrected chi connectivity index (χ4v) is 3.05. The minimum absolute atomic E-state index is 0.152. The molecule has 0 radical (unpaired) electrons. The monoisotopic (exact) mass is 291 g/mol. The van der Waals surface area contributed by atoms with E-state index in [4.69, 9.17) is 0 Å². The van der Waals surface area contributed by atoms with Crippen molar-refractivity contribution in [3.63, 3.8) is 0 Å². The number of nitrogens with one attached hydrogen (secondary N) is 1. The predicted octanol–water partition coefficient (Wildman–Crippen LogP) is 4.04. The maximum atomic E-state index is 11.1. The molecule has 0 atom stereocenters. The van der Waals surface area contributed by atoms with Gasteiger partial charge in [0.1, 0.15) is 0 Å². The van der Waals surface area contributed by atoms with Gasteiger partial charge in [-0.05, 0) is 44.6 Å². The van der Waals surface area contributed by atoms with Crippen molar-refractivity contribution in [2.24, 2.45) is 5.92 Å². The number of non-ortho nitro benzene ring substituents is 1. The summed E-state index contributed by atoms with van der Waals surface area (Å²) in [5, 5.41) is 14.3. The van der Waals surface area contributed by atoms with E-state index in [-0.39, 0.29) is 10.6 Å². The fourth-order valence-electron chi connectivity index (χ4n) is 3.05. The van der Waals surface area contributed by atoms with Crippen molar-refractivity contribution in [3.05, 3.63) is 28.3 Å². The van der Waals surface area contributed by atoms with Gasteiger partial charge in [0.25, 0.3) is 5.69 Å². The molecule has 0 heterocycles. The smallest absolute Gasteiger partial charge is 0.273 e. The molecule has 1 aromatic carbocycles. The van der Waals surface area contributed by atoms with E-state index in [2.05, 4.69) is 24.2 Å². The SMILES string of the molecule is CCNc1cc(N(C)C2CCC(C)CC2)cc([N+](=O)[O-])c1. The van der Waals surface area contributed by atoms with Crippen LogP contribution in [0.1, 0.15) is 39.5 Å². The maximum Gasteiger partial charge on any atom is 0.273 e. The molecular formula is C16H25N3O2. The standard InChI is InChI=1S/C16H25N3O2/c1-4-17-13-9-15(11-16(10-13)19(20)21)18(3)14-7-5-12(2)6-8-14/h9-12,14,17H,4-8H2,1-3H3. The number of hydrogen-bond donors (Lipinski definition) is 1. The normalized spacial score (nSPS) is 21.9. The molecule has 21 heavy (non-hydrogen) atoms. The number of nitrogens with zero attached hydrogens (tertiary/aromatic N) is 2. The second kappa shape index (κ2) is 6.78. The van der Waals surface area contributed by atoms with E-state index in [0.717, 1.165) is 36.7 Å². The lowest BCUT2D eigenvalue weighted by molar-refractivity contribution is -0.384. The summed E-state index contributed by atoms with van der Waals surface area (Å²) < 4.78 is 0. The Morgan fingerprint density at radius 3 is 2.52 bits per heavy atom. The molecule has 0 amide bonds. The molecule has 1 fully saturated rings. The maximum absolute atomic E-state index is 11.1. The highest BCUT2D eigenvalue weighted by Crippen LogP contribution is 2.32. The van der Waals surface area contributed by atoms with E-state index < -0.39 is 0 Å². The Kier molecular flexibility index (Phi) is 5.04. The van der Waals surface area contributed by atoms with Gasteiger partial charge in [-0.25, -0.2) is 0 Å². The summed E-state index contributed by atoms with van der Waals surface area (Å²) in [6.07, 6.45) is 4.81. The highest BCUT2D eigenvalue weighted by Gasteiger charge is 2.23. The molecule has 0 saturated heterocycles. The molecule has 2 rings (SSSR count). The third-order valence-electron chi connectivity index (χ3n) is 4.43. The lowest BCUT2D eigenvalue weighted by Gasteiger charge is -2.35. The summed E-state index contributed by atoms with van der Waals surface area (Å²) in [5.74, 6) is 0.803. The summed E-state index contributed by atoms with van der Waals surface area (Å²) in [4.78, 5) is 13.0. The molecule has 1 aliphatic carbocycles. The van der Waals surface area contributed by atoms with E-state index in [1.54, 1.807) is 12.1 Å². The Balaban J connectivity index is 2.22. The molecule has 0 aromatic heterocycles. The van der Waals surface area contributed by atoms with Gasteiger partial charge in [0.05, 0.1) is 4.92 Å². The number of rotatable bonds is 5. The second-order valence-electron chi connectivity index (χ2n) is 6.05. The topological polar surface area (TPSA) is 58.4 Å². The highest BCUT2D eigenvalue weighted by atomic mass is 16.6. The molecule has 1 aromatic rings. The lowest BCUT2D eigenvalue weighted by atomic mass is 9.86. The van der Waals surface area contributed by atoms with Crippen molar-refractivity contribution in [2.45, 2.75) is 45.6 Å². The summed E-state index contributed by atoms with van der Waals surface area (Å²) in [5.41, 5.74) is 1.90. The lowest BCUT2D eigenvalue weighted by Crippen LogP contribution is -2.34. The minimum Gasteiger partial charge on any atom is -0.385 e. The first kappa shape index (κ1) is 15.6. The van der Waals surface area contributed by atoms with E-state index in [9.17, 15) is 10.1 Å². The Labute approximate surface area is 126 Å². The van der Waals surface area contributed by atoms with E-state index in [0.29, 0.717) is 6.04 Å². The van der Waals surface area contributed by atoms with Crippen LogP contribution >= 0.6 is 0 Å². The van der Waals surface area contributed by atoms with Gasteiger partial charge in [0.15, 0.2) is 0 Å². The molecule has 0 unspecified atom stereocenters. The van der Waals surface area contributed by atoms with Gasteiger partial charge in [-0.15, -0.1) is 0 Å². The van der Waals surface area contributed by atoms with Crippen LogP contribution in [0, 0.1) is 16.0 Å². The zero-order chi connectivity index (χ0) is 15.4. The van der Waals surface area contributed by atoms with Crippen molar-refractivity contribution in [2.75, 3.05) is 23.8 Å². The average Bonchev–Trinajstić information content (AvgIpc) is 2.47. The first-order chi connectivity index (χ1) is 10.0. The van der Waals surface area contributed by atoms with Crippen LogP contribution in [-0.2, 0) is 0 Å². The van der Waals surface area contributed by atoms with Gasteiger partial charge in [0.2, 0.25) is 0 Å². The van der Waals surface area contributed by atoms with Gasteiger partial charge >= 0.3 is 0 Å². The molecule has 0 spiro atoms. The van der Waals surface area contributed by atoms with Crippen molar-refractivity contribution < 1.29 is 4.92 Å². The van der Waals surface area contributed by atoms with Crippen LogP contribution in [0.5, 0.6) is 0 Å². The number of hydrogen-bond acceptors (Lipinski definition) is 4. The number of anilines is 2. The average molecular weight is 291 g/mol. The van der Waals surface area contributed by atoms with Crippen LogP contribution in [-0.4, -0.2) is 24.6 Å². The summed E-state index contributed by atoms with van der Waals surface area (Å²) in [6.45, 7) is 5.04. The fraction of sp³-hybridized carbons (Fsp3) is 0.625. The molecule has 1 N–H and O–H groups in total. The van der Waals surface area contributed by atoms with E-state index in [1.807, 2.05) is 13.0 Å². The summed E-state index contributed by atoms with van der Waals surface area (Å²) >= 11 is 0. The molecule has 5 heteroatoms. The largest absolute Gasteiger partial charge is 0.385 e. The van der Waals surface area contributed by atoms with Crippen LogP contribution in [0.25, 0.3) is 0 Å². The molecule has 1 aliphatic rings. The first-order valence-corrected chi connectivity index (χ1v) is 7.77. The summed E-state index contributed by atoms with van der Waals surface area (Å²) in [6, 6.07) is 5.77. The molecule has 116 valence electrons. The zero-order valence-corrected chi connectivity index (χ0v) is 13.1. The molecule has 5 nitrogen and oxygen atoms in total. The third kappa shape index (κ3) is 3.86. The van der Waals surface area contributed by atoms with Gasteiger partial charge in [-0.1, -0.05) is 6.92 Å². The van der Waals surface area contributed by atoms with Crippen LogP contribution in [0.15, 0.2) is 18.2 Å². The molecular weight excluding hydrogens is 266 g/mol. The number of nitro groups is 1. The molecule has 1 saturated carbocycles. The van der Waals surface area contributed by atoms with Gasteiger partial charge < -0.3 is 10.2 Å². The quantitative estimate of drug-likeness (QED) is 0.657. The van der Waals surface area contributed by atoms with Crippen molar-refractivity contribution >= 4 is 17.1 Å². The van der Waals surface area contributed by atoms with Crippen LogP contribution < -0.4 is 10.2 Å². The third-order valence-corrected chi connectivity index (χ3v) is 4.43. The van der Waals surface area contributed by atoms with E-state index >= 15 is 0 Å². The van der Waals surface area contributed by atoms with Crippen molar-refractivity contribution in [1.82, 2.24) is 0 Å². The Hall–Kier alpha value is -1.78. The first-order valence-electron chi connectivity index (χ1n) is 7.77. The Morgan fingerprint density at radius 2 is 1.95 bits per heavy atom. The minimum atomic E-state index is -0.318.